The highest BCUT2D eigenvalue weighted by Gasteiger charge is 2.43. The number of non-ortho nitro benzene ring substituents is 1. The van der Waals surface area contributed by atoms with Crippen molar-refractivity contribution >= 4 is 22.8 Å². The number of nitrogens with one attached hydrogen (secondary N) is 1. The molecule has 3 fully saturated rings. The topological polar surface area (TPSA) is 111 Å². The van der Waals surface area contributed by atoms with Gasteiger partial charge in [-0.25, -0.2) is 0 Å². The molecule has 1 aromatic rings. The zero-order valence-electron chi connectivity index (χ0n) is 15.2. The molecule has 3 aliphatic carbocycles. The summed E-state index contributed by atoms with van der Waals surface area (Å²) in [4.78, 5) is 20.8. The Balaban J connectivity index is 1.46. The molecule has 4 unspecified atom stereocenters. The molecule has 4 atom stereocenters. The zero-order valence-corrected chi connectivity index (χ0v) is 15.2. The van der Waals surface area contributed by atoms with E-state index >= 15 is 0 Å². The Kier molecular flexibility index (Phi) is 4.80. The minimum absolute atomic E-state index is 0.195. The van der Waals surface area contributed by atoms with Crippen molar-refractivity contribution < 1.29 is 9.85 Å². The normalized spacial score (nSPS) is 31.2. The number of benzene rings is 1. The molecule has 0 aromatic heterocycles. The summed E-state index contributed by atoms with van der Waals surface area (Å²) in [7, 11) is 0. The van der Waals surface area contributed by atoms with Crippen molar-refractivity contribution in [3.63, 3.8) is 0 Å². The predicted octanol–water partition coefficient (Wildman–Crippen LogP) is 4.90. The predicted molar refractivity (Wildman–Crippen MR) is 102 cm³/mol. The first kappa shape index (κ1) is 17.9. The van der Waals surface area contributed by atoms with Crippen molar-refractivity contribution in [2.75, 3.05) is 5.43 Å². The molecule has 1 N–H and O–H groups in total. The number of hydrogen-bond donors (Lipinski definition) is 1. The van der Waals surface area contributed by atoms with Crippen molar-refractivity contribution in [2.45, 2.75) is 51.4 Å². The van der Waals surface area contributed by atoms with Crippen molar-refractivity contribution in [1.29, 1.82) is 0 Å². The highest BCUT2D eigenvalue weighted by atomic mass is 16.6. The van der Waals surface area contributed by atoms with Crippen LogP contribution in [0.4, 0.5) is 17.1 Å². The molecule has 2 bridgehead atoms. The summed E-state index contributed by atoms with van der Waals surface area (Å²) in [5.41, 5.74) is 3.43. The summed E-state index contributed by atoms with van der Waals surface area (Å²) in [6.45, 7) is 0. The molecule has 0 radical (unpaired) electrons. The average molecular weight is 372 g/mol. The van der Waals surface area contributed by atoms with Gasteiger partial charge in [-0.1, -0.05) is 6.42 Å². The number of nitrogens with zero attached hydrogens (tertiary/aromatic N) is 3. The van der Waals surface area contributed by atoms with Gasteiger partial charge in [0.2, 0.25) is 0 Å². The van der Waals surface area contributed by atoms with Gasteiger partial charge in [0.15, 0.2) is 0 Å². The molecule has 8 heteroatoms. The Bertz CT molecular complexity index is 794. The molecule has 3 saturated carbocycles. The lowest BCUT2D eigenvalue weighted by Crippen LogP contribution is -2.27. The zero-order chi connectivity index (χ0) is 19.0. The number of hydrazone groups is 1. The molecule has 8 nitrogen and oxygen atoms in total. The molecule has 0 heterocycles. The highest BCUT2D eigenvalue weighted by Crippen LogP contribution is 2.53. The second-order valence-electron chi connectivity index (χ2n) is 8.20. The van der Waals surface area contributed by atoms with Gasteiger partial charge in [-0.05, 0) is 74.7 Å². The SMILES string of the molecule is O=[N+]([O-])c1ccc(N/N=C2/CCCC(C3CC4CCC3C4)C2)c([N+](=O)[O-])c1. The Hall–Kier alpha value is -2.51. The van der Waals surface area contributed by atoms with E-state index in [2.05, 4.69) is 10.5 Å². The van der Waals surface area contributed by atoms with E-state index < -0.39 is 9.85 Å². The lowest BCUT2D eigenvalue weighted by Gasteiger charge is -2.33. The summed E-state index contributed by atoms with van der Waals surface area (Å²) in [5.74, 6) is 3.33. The number of fused-ring (bicyclic) bond motifs is 2. The van der Waals surface area contributed by atoms with Crippen LogP contribution in [-0.2, 0) is 0 Å². The quantitative estimate of drug-likeness (QED) is 0.584. The van der Waals surface area contributed by atoms with Gasteiger partial charge in [-0.2, -0.15) is 5.10 Å². The maximum Gasteiger partial charge on any atom is 0.301 e. The summed E-state index contributed by atoms with van der Waals surface area (Å²) in [6, 6.07) is 3.59. The fraction of sp³-hybridized carbons (Fsp3) is 0.632. The Morgan fingerprint density at radius 2 is 1.89 bits per heavy atom. The second kappa shape index (κ2) is 7.25. The highest BCUT2D eigenvalue weighted by molar-refractivity contribution is 5.86. The molecule has 27 heavy (non-hydrogen) atoms. The molecule has 1 aromatic carbocycles. The van der Waals surface area contributed by atoms with Crippen LogP contribution in [0.15, 0.2) is 23.3 Å². The maximum absolute atomic E-state index is 11.2. The van der Waals surface area contributed by atoms with Gasteiger partial charge in [0.05, 0.1) is 15.9 Å². The third-order valence-electron chi connectivity index (χ3n) is 6.66. The number of nitro groups is 2. The summed E-state index contributed by atoms with van der Waals surface area (Å²) in [5, 5.41) is 26.5. The Morgan fingerprint density at radius 3 is 2.56 bits per heavy atom. The third-order valence-corrected chi connectivity index (χ3v) is 6.66. The molecule has 0 saturated heterocycles. The molecule has 0 amide bonds. The monoisotopic (exact) mass is 372 g/mol. The van der Waals surface area contributed by atoms with Crippen LogP contribution in [0.3, 0.4) is 0 Å². The molecule has 0 aliphatic heterocycles. The standard InChI is InChI=1S/C19H24N4O4/c24-22(25)16-6-7-18(19(11-16)23(26)27)21-20-15-3-1-2-13(10-15)17-9-12-4-5-14(17)8-12/h6-7,11-14,17,21H,1-5,8-10H2/b20-15-. The number of nitro benzene ring substituents is 2. The Labute approximate surface area is 157 Å². The molecule has 4 rings (SSSR count). The van der Waals surface area contributed by atoms with E-state index in [0.29, 0.717) is 5.92 Å². The summed E-state index contributed by atoms with van der Waals surface area (Å²) in [6.07, 6.45) is 9.79. The van der Waals surface area contributed by atoms with Crippen LogP contribution >= 0.6 is 0 Å². The fourth-order valence-electron chi connectivity index (χ4n) is 5.43. The van der Waals surface area contributed by atoms with Crippen LogP contribution in [-0.4, -0.2) is 15.6 Å². The van der Waals surface area contributed by atoms with E-state index in [-0.39, 0.29) is 17.1 Å². The molecular formula is C19H24N4O4. The number of rotatable bonds is 5. The maximum atomic E-state index is 11.2. The Morgan fingerprint density at radius 1 is 1.04 bits per heavy atom. The van der Waals surface area contributed by atoms with Gasteiger partial charge in [-0.15, -0.1) is 0 Å². The molecular weight excluding hydrogens is 348 g/mol. The van der Waals surface area contributed by atoms with Crippen molar-refractivity contribution in [3.8, 4) is 0 Å². The minimum atomic E-state index is -0.635. The first-order valence-electron chi connectivity index (χ1n) is 9.75. The van der Waals surface area contributed by atoms with Crippen molar-refractivity contribution in [1.82, 2.24) is 0 Å². The summed E-state index contributed by atoms with van der Waals surface area (Å²) < 4.78 is 0. The van der Waals surface area contributed by atoms with Crippen molar-refractivity contribution in [2.24, 2.45) is 28.8 Å². The van der Waals surface area contributed by atoms with E-state index in [1.165, 1.54) is 44.2 Å². The first-order valence-corrected chi connectivity index (χ1v) is 9.75. The smallest absolute Gasteiger partial charge is 0.272 e. The average Bonchev–Trinajstić information content (AvgIpc) is 3.30. The fourth-order valence-corrected chi connectivity index (χ4v) is 5.43. The molecule has 0 spiro atoms. The van der Waals surface area contributed by atoms with Crippen LogP contribution in [0.25, 0.3) is 0 Å². The third kappa shape index (κ3) is 3.65. The number of anilines is 1. The van der Waals surface area contributed by atoms with Crippen LogP contribution in [0, 0.1) is 43.9 Å². The van der Waals surface area contributed by atoms with Gasteiger partial charge in [0, 0.05) is 11.8 Å². The van der Waals surface area contributed by atoms with Gasteiger partial charge in [0.1, 0.15) is 5.69 Å². The number of hydrogen-bond acceptors (Lipinski definition) is 6. The van der Waals surface area contributed by atoms with E-state index in [1.54, 1.807) is 0 Å². The van der Waals surface area contributed by atoms with E-state index in [0.717, 1.165) is 48.8 Å². The lowest BCUT2D eigenvalue weighted by atomic mass is 9.72. The van der Waals surface area contributed by atoms with Gasteiger partial charge < -0.3 is 0 Å². The summed E-state index contributed by atoms with van der Waals surface area (Å²) >= 11 is 0. The van der Waals surface area contributed by atoms with Gasteiger partial charge in [0.25, 0.3) is 5.69 Å². The van der Waals surface area contributed by atoms with E-state index in [1.807, 2.05) is 0 Å². The van der Waals surface area contributed by atoms with Crippen LogP contribution in [0.1, 0.15) is 51.4 Å². The lowest BCUT2D eigenvalue weighted by molar-refractivity contribution is -0.393. The second-order valence-corrected chi connectivity index (χ2v) is 8.20. The van der Waals surface area contributed by atoms with Gasteiger partial charge in [-0.3, -0.25) is 25.7 Å². The van der Waals surface area contributed by atoms with Crippen LogP contribution in [0.2, 0.25) is 0 Å². The minimum Gasteiger partial charge on any atom is -0.272 e. The largest absolute Gasteiger partial charge is 0.301 e. The van der Waals surface area contributed by atoms with Crippen molar-refractivity contribution in [3.05, 3.63) is 38.4 Å². The molecule has 144 valence electrons. The van der Waals surface area contributed by atoms with Crippen LogP contribution in [0.5, 0.6) is 0 Å². The first-order chi connectivity index (χ1) is 13.0. The molecule has 3 aliphatic rings. The van der Waals surface area contributed by atoms with Crippen LogP contribution < -0.4 is 5.43 Å². The van der Waals surface area contributed by atoms with E-state index in [4.69, 9.17) is 0 Å². The van der Waals surface area contributed by atoms with Gasteiger partial charge >= 0.3 is 5.69 Å². The van der Waals surface area contributed by atoms with E-state index in [9.17, 15) is 20.2 Å².